The van der Waals surface area contributed by atoms with Crippen LogP contribution in [-0.2, 0) is 6.54 Å². The van der Waals surface area contributed by atoms with E-state index in [1.807, 2.05) is 22.9 Å². The molecule has 0 amide bonds. The number of tetrazole rings is 1. The number of anilines is 1. The van der Waals surface area contributed by atoms with Gasteiger partial charge >= 0.3 is 0 Å². The first kappa shape index (κ1) is 20.5. The first-order valence-electron chi connectivity index (χ1n) is 11.1. The van der Waals surface area contributed by atoms with Crippen molar-refractivity contribution in [3.63, 3.8) is 0 Å². The Labute approximate surface area is 188 Å². The summed E-state index contributed by atoms with van der Waals surface area (Å²) in [4.78, 5) is 4.98. The van der Waals surface area contributed by atoms with Crippen molar-refractivity contribution in [2.24, 2.45) is 0 Å². The summed E-state index contributed by atoms with van der Waals surface area (Å²) in [5, 5.41) is 12.7. The number of hydrogen-bond acceptors (Lipinski definition) is 6. The number of rotatable bonds is 6. The van der Waals surface area contributed by atoms with Crippen LogP contribution in [0.1, 0.15) is 34.3 Å². The standard InChI is InChI=1S/C25H28N6O/c1-19-10-11-20(2)23(17-19)29-12-14-30(15-13-29)24(21-7-4-3-5-8-21)25-26-27-28-31(25)18-22-9-6-16-32-22/h3-11,16-17,24H,12-15,18H2,1-2H3/t24-/m0/s1. The van der Waals surface area contributed by atoms with Gasteiger partial charge in [0.1, 0.15) is 12.3 Å². The first-order valence-corrected chi connectivity index (χ1v) is 11.1. The zero-order chi connectivity index (χ0) is 21.9. The topological polar surface area (TPSA) is 63.2 Å². The van der Waals surface area contributed by atoms with Crippen molar-refractivity contribution in [2.45, 2.75) is 26.4 Å². The Morgan fingerprint density at radius 1 is 0.938 bits per heavy atom. The molecule has 1 aliphatic heterocycles. The maximum absolute atomic E-state index is 5.54. The smallest absolute Gasteiger partial charge is 0.173 e. The van der Waals surface area contributed by atoms with Gasteiger partial charge in [-0.3, -0.25) is 4.90 Å². The van der Waals surface area contributed by atoms with Gasteiger partial charge in [0.15, 0.2) is 5.82 Å². The zero-order valence-electron chi connectivity index (χ0n) is 18.6. The van der Waals surface area contributed by atoms with Gasteiger partial charge in [-0.05, 0) is 59.2 Å². The van der Waals surface area contributed by atoms with E-state index < -0.39 is 0 Å². The summed E-state index contributed by atoms with van der Waals surface area (Å²) in [5.41, 5.74) is 5.16. The van der Waals surface area contributed by atoms with Crippen molar-refractivity contribution in [1.82, 2.24) is 25.1 Å². The number of aromatic nitrogens is 4. The van der Waals surface area contributed by atoms with Gasteiger partial charge in [0.2, 0.25) is 0 Å². The van der Waals surface area contributed by atoms with Crippen LogP contribution in [0.25, 0.3) is 0 Å². The fourth-order valence-corrected chi connectivity index (χ4v) is 4.51. The maximum atomic E-state index is 5.54. The lowest BCUT2D eigenvalue weighted by Gasteiger charge is -2.40. The minimum Gasteiger partial charge on any atom is -0.467 e. The van der Waals surface area contributed by atoms with Crippen LogP contribution < -0.4 is 4.90 Å². The molecule has 0 N–H and O–H groups in total. The third-order valence-corrected chi connectivity index (χ3v) is 6.19. The minimum atomic E-state index is -0.0121. The minimum absolute atomic E-state index is 0.0121. The molecule has 1 saturated heterocycles. The Morgan fingerprint density at radius 3 is 2.50 bits per heavy atom. The molecule has 164 valence electrons. The van der Waals surface area contributed by atoms with Crippen LogP contribution in [0.15, 0.2) is 71.3 Å². The van der Waals surface area contributed by atoms with E-state index in [9.17, 15) is 0 Å². The van der Waals surface area contributed by atoms with Gasteiger partial charge in [-0.25, -0.2) is 4.68 Å². The Hall–Kier alpha value is -3.45. The highest BCUT2D eigenvalue weighted by Gasteiger charge is 2.31. The molecule has 4 aromatic rings. The Kier molecular flexibility index (Phi) is 5.73. The Morgan fingerprint density at radius 2 is 1.75 bits per heavy atom. The molecule has 2 aromatic carbocycles. The monoisotopic (exact) mass is 428 g/mol. The average molecular weight is 429 g/mol. The van der Waals surface area contributed by atoms with Gasteiger partial charge in [0.25, 0.3) is 0 Å². The molecule has 5 rings (SSSR count). The fourth-order valence-electron chi connectivity index (χ4n) is 4.51. The fraction of sp³-hybridized carbons (Fsp3) is 0.320. The Balaban J connectivity index is 1.41. The summed E-state index contributed by atoms with van der Waals surface area (Å²) in [5.74, 6) is 1.68. The molecule has 0 unspecified atom stereocenters. The summed E-state index contributed by atoms with van der Waals surface area (Å²) in [7, 11) is 0. The van der Waals surface area contributed by atoms with Crippen LogP contribution in [0, 0.1) is 13.8 Å². The molecule has 0 spiro atoms. The van der Waals surface area contributed by atoms with E-state index in [4.69, 9.17) is 4.42 Å². The largest absolute Gasteiger partial charge is 0.467 e. The van der Waals surface area contributed by atoms with Crippen LogP contribution >= 0.6 is 0 Å². The van der Waals surface area contributed by atoms with E-state index in [0.29, 0.717) is 6.54 Å². The second-order valence-electron chi connectivity index (χ2n) is 8.40. The molecule has 0 aliphatic carbocycles. The normalized spacial score (nSPS) is 15.8. The molecular formula is C25H28N6O. The van der Waals surface area contributed by atoms with Crippen molar-refractivity contribution in [2.75, 3.05) is 31.1 Å². The lowest BCUT2D eigenvalue weighted by molar-refractivity contribution is 0.201. The highest BCUT2D eigenvalue weighted by atomic mass is 16.3. The third kappa shape index (κ3) is 4.16. The molecular weight excluding hydrogens is 400 g/mol. The van der Waals surface area contributed by atoms with Crippen LogP contribution in [0.3, 0.4) is 0 Å². The summed E-state index contributed by atoms with van der Waals surface area (Å²) in [6.45, 7) is 8.66. The van der Waals surface area contributed by atoms with E-state index >= 15 is 0 Å². The third-order valence-electron chi connectivity index (χ3n) is 6.19. The number of aryl methyl sites for hydroxylation is 2. The molecule has 0 bridgehead atoms. The van der Waals surface area contributed by atoms with Crippen LogP contribution in [0.5, 0.6) is 0 Å². The van der Waals surface area contributed by atoms with Crippen molar-refractivity contribution >= 4 is 5.69 Å². The molecule has 3 heterocycles. The molecule has 2 aromatic heterocycles. The van der Waals surface area contributed by atoms with Gasteiger partial charge in [0, 0.05) is 31.9 Å². The van der Waals surface area contributed by atoms with E-state index in [-0.39, 0.29) is 6.04 Å². The number of piperazine rings is 1. The van der Waals surface area contributed by atoms with Crippen molar-refractivity contribution < 1.29 is 4.42 Å². The molecule has 1 aliphatic rings. The van der Waals surface area contributed by atoms with E-state index in [0.717, 1.165) is 37.8 Å². The van der Waals surface area contributed by atoms with Crippen LogP contribution in [-0.4, -0.2) is 51.3 Å². The van der Waals surface area contributed by atoms with E-state index in [1.54, 1.807) is 6.26 Å². The predicted octanol–water partition coefficient (Wildman–Crippen LogP) is 3.84. The number of furan rings is 1. The predicted molar refractivity (Wildman–Crippen MR) is 124 cm³/mol. The van der Waals surface area contributed by atoms with Crippen LogP contribution in [0.4, 0.5) is 5.69 Å². The molecule has 7 heteroatoms. The summed E-state index contributed by atoms with van der Waals surface area (Å²) in [6.07, 6.45) is 1.68. The molecule has 0 saturated carbocycles. The van der Waals surface area contributed by atoms with Gasteiger partial charge < -0.3 is 9.32 Å². The quantitative estimate of drug-likeness (QED) is 0.465. The highest BCUT2D eigenvalue weighted by molar-refractivity contribution is 5.55. The molecule has 32 heavy (non-hydrogen) atoms. The highest BCUT2D eigenvalue weighted by Crippen LogP contribution is 2.30. The van der Waals surface area contributed by atoms with Crippen molar-refractivity contribution in [1.29, 1.82) is 0 Å². The summed E-state index contributed by atoms with van der Waals surface area (Å²) < 4.78 is 7.39. The van der Waals surface area contributed by atoms with Crippen molar-refractivity contribution in [3.8, 4) is 0 Å². The van der Waals surface area contributed by atoms with Gasteiger partial charge in [0.05, 0.1) is 12.3 Å². The maximum Gasteiger partial charge on any atom is 0.173 e. The second-order valence-corrected chi connectivity index (χ2v) is 8.40. The zero-order valence-corrected chi connectivity index (χ0v) is 18.6. The summed E-state index contributed by atoms with van der Waals surface area (Å²) >= 11 is 0. The SMILES string of the molecule is Cc1ccc(C)c(N2CCN([C@@H](c3ccccc3)c3nnnn3Cc3ccco3)CC2)c1. The number of nitrogens with zero attached hydrogens (tertiary/aromatic N) is 6. The molecule has 1 fully saturated rings. The van der Waals surface area contributed by atoms with Gasteiger partial charge in [-0.15, -0.1) is 5.10 Å². The first-order chi connectivity index (χ1) is 15.7. The van der Waals surface area contributed by atoms with E-state index in [1.165, 1.54) is 22.4 Å². The van der Waals surface area contributed by atoms with Gasteiger partial charge in [-0.2, -0.15) is 0 Å². The van der Waals surface area contributed by atoms with Crippen molar-refractivity contribution in [3.05, 3.63) is 95.2 Å². The average Bonchev–Trinajstić information content (AvgIpc) is 3.50. The van der Waals surface area contributed by atoms with E-state index in [2.05, 4.69) is 81.6 Å². The lowest BCUT2D eigenvalue weighted by atomic mass is 10.0. The lowest BCUT2D eigenvalue weighted by Crippen LogP contribution is -2.48. The number of benzene rings is 2. The summed E-state index contributed by atoms with van der Waals surface area (Å²) in [6, 6.07) is 21.0. The molecule has 7 nitrogen and oxygen atoms in total. The molecule has 1 atom stereocenters. The van der Waals surface area contributed by atoms with Gasteiger partial charge in [-0.1, -0.05) is 42.5 Å². The molecule has 0 radical (unpaired) electrons. The number of hydrogen-bond donors (Lipinski definition) is 0. The second kappa shape index (κ2) is 8.96. The Bertz CT molecular complexity index is 1150. The van der Waals surface area contributed by atoms with Crippen LogP contribution in [0.2, 0.25) is 0 Å².